The fourth-order valence-electron chi connectivity index (χ4n) is 1.69. The van der Waals surface area contributed by atoms with E-state index in [1.807, 2.05) is 14.1 Å². The van der Waals surface area contributed by atoms with Gasteiger partial charge in [0.2, 0.25) is 17.8 Å². The fourth-order valence-corrected chi connectivity index (χ4v) is 1.69. The monoisotopic (exact) mass is 269 g/mol. The zero-order valence-corrected chi connectivity index (χ0v) is 11.1. The molecule has 0 aromatic carbocycles. The average Bonchev–Trinajstić information content (AvgIpc) is 2.83. The number of rotatable bonds is 5. The molecule has 2 heterocycles. The number of nitrogen functional groups attached to an aromatic ring is 1. The second kappa shape index (κ2) is 5.51. The molecule has 106 valence electrons. The highest BCUT2D eigenvalue weighted by atomic mass is 16.5. The van der Waals surface area contributed by atoms with Crippen LogP contribution in [0.5, 0.6) is 0 Å². The molecule has 1 fully saturated rings. The molecule has 1 saturated heterocycles. The second-order valence-electron chi connectivity index (χ2n) is 4.70. The Hall–Kier alpha value is -1.71. The van der Waals surface area contributed by atoms with Crippen LogP contribution in [0.2, 0.25) is 0 Å². The maximum absolute atomic E-state index is 10.1. The van der Waals surface area contributed by atoms with Gasteiger partial charge in [0.25, 0.3) is 0 Å². The maximum Gasteiger partial charge on any atom is 0.243 e. The van der Waals surface area contributed by atoms with Crippen LogP contribution in [0, 0.1) is 0 Å². The predicted molar refractivity (Wildman–Crippen MR) is 70.8 cm³/mol. The number of aliphatic hydroxyl groups is 1. The average molecular weight is 269 g/mol. The third-order valence-electron chi connectivity index (χ3n) is 2.81. The largest absolute Gasteiger partial charge is 0.386 e. The summed E-state index contributed by atoms with van der Waals surface area (Å²) in [4.78, 5) is 14.1. The molecule has 0 amide bonds. The smallest absolute Gasteiger partial charge is 0.243 e. The van der Waals surface area contributed by atoms with Crippen LogP contribution in [0.1, 0.15) is 6.42 Å². The molecule has 0 radical (unpaired) electrons. The predicted octanol–water partition coefficient (Wildman–Crippen LogP) is -1.21. The molecule has 5 N–H and O–H groups in total. The topological polar surface area (TPSA) is 121 Å². The van der Waals surface area contributed by atoms with Crippen LogP contribution in [0.4, 0.5) is 17.8 Å². The minimum Gasteiger partial charge on any atom is -0.386 e. The lowest BCUT2D eigenvalue weighted by molar-refractivity contribution is 0.0380. The number of hydrogen-bond donors (Lipinski definition) is 4. The number of aromatic nitrogens is 3. The number of anilines is 3. The summed E-state index contributed by atoms with van der Waals surface area (Å²) in [6.07, 6.45) is 0.591. The zero-order chi connectivity index (χ0) is 13.9. The van der Waals surface area contributed by atoms with Gasteiger partial charge >= 0.3 is 0 Å². The molecular formula is C10H19N7O2. The van der Waals surface area contributed by atoms with Gasteiger partial charge in [-0.05, 0) is 0 Å². The molecule has 0 spiro atoms. The van der Waals surface area contributed by atoms with Crippen LogP contribution >= 0.6 is 0 Å². The SMILES string of the molecule is CN(C)c1nc(NN)nc(NCC2(O)CCOC2)n1. The van der Waals surface area contributed by atoms with Gasteiger partial charge in [-0.2, -0.15) is 15.0 Å². The van der Waals surface area contributed by atoms with E-state index in [0.29, 0.717) is 38.1 Å². The quantitative estimate of drug-likeness (QED) is 0.385. The summed E-state index contributed by atoms with van der Waals surface area (Å²) in [5.74, 6) is 6.40. The third kappa shape index (κ3) is 3.40. The first-order valence-electron chi connectivity index (χ1n) is 5.96. The van der Waals surface area contributed by atoms with Crippen molar-refractivity contribution in [1.82, 2.24) is 15.0 Å². The van der Waals surface area contributed by atoms with Gasteiger partial charge in [-0.1, -0.05) is 0 Å². The standard InChI is InChI=1S/C10H19N7O2/c1-17(2)9-14-7(13-8(15-9)16-11)12-5-10(18)3-4-19-6-10/h18H,3-6,11H2,1-2H3,(H2,12,13,14,15,16). The van der Waals surface area contributed by atoms with E-state index < -0.39 is 5.60 Å². The number of nitrogens with one attached hydrogen (secondary N) is 2. The Balaban J connectivity index is 2.08. The third-order valence-corrected chi connectivity index (χ3v) is 2.81. The highest BCUT2D eigenvalue weighted by Gasteiger charge is 2.32. The van der Waals surface area contributed by atoms with Gasteiger partial charge in [0.05, 0.1) is 6.61 Å². The molecule has 1 aromatic heterocycles. The molecule has 1 unspecified atom stereocenters. The van der Waals surface area contributed by atoms with Crippen LogP contribution < -0.4 is 21.5 Å². The van der Waals surface area contributed by atoms with Gasteiger partial charge in [0.1, 0.15) is 5.60 Å². The van der Waals surface area contributed by atoms with Crippen molar-refractivity contribution in [2.75, 3.05) is 49.5 Å². The number of nitrogens with two attached hydrogens (primary N) is 1. The van der Waals surface area contributed by atoms with Gasteiger partial charge in [-0.25, -0.2) is 5.84 Å². The lowest BCUT2D eigenvalue weighted by Crippen LogP contribution is -2.37. The van der Waals surface area contributed by atoms with E-state index in [9.17, 15) is 5.11 Å². The Morgan fingerprint density at radius 2 is 2.11 bits per heavy atom. The first-order valence-corrected chi connectivity index (χ1v) is 5.96. The summed E-state index contributed by atoms with van der Waals surface area (Å²) in [5.41, 5.74) is 1.51. The summed E-state index contributed by atoms with van der Waals surface area (Å²) in [6.45, 7) is 1.19. The molecule has 9 heteroatoms. The molecule has 1 aliphatic heterocycles. The summed E-state index contributed by atoms with van der Waals surface area (Å²) in [5, 5.41) is 13.1. The lowest BCUT2D eigenvalue weighted by atomic mass is 10.0. The molecule has 1 atom stereocenters. The van der Waals surface area contributed by atoms with E-state index in [0.717, 1.165) is 0 Å². The Kier molecular flexibility index (Phi) is 3.98. The van der Waals surface area contributed by atoms with E-state index in [1.54, 1.807) is 4.90 Å². The lowest BCUT2D eigenvalue weighted by Gasteiger charge is -2.21. The van der Waals surface area contributed by atoms with Crippen LogP contribution in [0.25, 0.3) is 0 Å². The first kappa shape index (κ1) is 13.7. The molecule has 19 heavy (non-hydrogen) atoms. The van der Waals surface area contributed by atoms with E-state index in [-0.39, 0.29) is 5.95 Å². The highest BCUT2D eigenvalue weighted by Crippen LogP contribution is 2.19. The van der Waals surface area contributed by atoms with E-state index in [1.165, 1.54) is 0 Å². The highest BCUT2D eigenvalue weighted by molar-refractivity contribution is 5.42. The maximum atomic E-state index is 10.1. The van der Waals surface area contributed by atoms with Crippen molar-refractivity contribution in [2.45, 2.75) is 12.0 Å². The van der Waals surface area contributed by atoms with Gasteiger partial charge in [-0.3, -0.25) is 5.43 Å². The molecule has 1 aliphatic rings. The van der Waals surface area contributed by atoms with Crippen molar-refractivity contribution in [2.24, 2.45) is 5.84 Å². The Labute approximate surface area is 111 Å². The molecule has 0 bridgehead atoms. The van der Waals surface area contributed by atoms with Crippen LogP contribution in [0.15, 0.2) is 0 Å². The van der Waals surface area contributed by atoms with Crippen molar-refractivity contribution in [3.8, 4) is 0 Å². The molecular weight excluding hydrogens is 250 g/mol. The molecule has 2 rings (SSSR count). The Morgan fingerprint density at radius 1 is 1.37 bits per heavy atom. The number of nitrogens with zero attached hydrogens (tertiary/aromatic N) is 4. The number of hydrogen-bond acceptors (Lipinski definition) is 9. The van der Waals surface area contributed by atoms with Crippen molar-refractivity contribution >= 4 is 17.8 Å². The Morgan fingerprint density at radius 3 is 2.68 bits per heavy atom. The molecule has 9 nitrogen and oxygen atoms in total. The zero-order valence-electron chi connectivity index (χ0n) is 11.1. The normalized spacial score (nSPS) is 22.3. The van der Waals surface area contributed by atoms with Crippen molar-refractivity contribution in [3.63, 3.8) is 0 Å². The summed E-state index contributed by atoms with van der Waals surface area (Å²) in [7, 11) is 3.63. The van der Waals surface area contributed by atoms with Crippen LogP contribution in [0.3, 0.4) is 0 Å². The minimum atomic E-state index is -0.874. The Bertz CT molecular complexity index is 434. The second-order valence-corrected chi connectivity index (χ2v) is 4.70. The van der Waals surface area contributed by atoms with Crippen molar-refractivity contribution in [3.05, 3.63) is 0 Å². The van der Waals surface area contributed by atoms with Crippen molar-refractivity contribution < 1.29 is 9.84 Å². The van der Waals surface area contributed by atoms with Gasteiger partial charge in [0, 0.05) is 33.7 Å². The first-order chi connectivity index (χ1) is 9.02. The van der Waals surface area contributed by atoms with Gasteiger partial charge in [0.15, 0.2) is 0 Å². The van der Waals surface area contributed by atoms with Crippen LogP contribution in [-0.4, -0.2) is 59.5 Å². The number of hydrazine groups is 1. The fraction of sp³-hybridized carbons (Fsp3) is 0.700. The van der Waals surface area contributed by atoms with Crippen LogP contribution in [-0.2, 0) is 4.74 Å². The minimum absolute atomic E-state index is 0.260. The van der Waals surface area contributed by atoms with Gasteiger partial charge in [-0.15, -0.1) is 0 Å². The summed E-state index contributed by atoms with van der Waals surface area (Å²) in [6, 6.07) is 0. The number of ether oxygens (including phenoxy) is 1. The molecule has 0 saturated carbocycles. The summed E-state index contributed by atoms with van der Waals surface area (Å²) >= 11 is 0. The summed E-state index contributed by atoms with van der Waals surface area (Å²) < 4.78 is 5.17. The van der Waals surface area contributed by atoms with E-state index in [2.05, 4.69) is 25.7 Å². The van der Waals surface area contributed by atoms with Crippen molar-refractivity contribution in [1.29, 1.82) is 0 Å². The van der Waals surface area contributed by atoms with E-state index >= 15 is 0 Å². The van der Waals surface area contributed by atoms with Gasteiger partial charge < -0.3 is 20.1 Å². The molecule has 0 aliphatic carbocycles. The molecule has 1 aromatic rings. The van der Waals surface area contributed by atoms with E-state index in [4.69, 9.17) is 10.6 Å².